The van der Waals surface area contributed by atoms with Crippen molar-refractivity contribution in [1.29, 1.82) is 0 Å². The molecule has 0 saturated carbocycles. The Balaban J connectivity index is 2.77. The van der Waals surface area contributed by atoms with Gasteiger partial charge in [0.05, 0.1) is 4.90 Å². The summed E-state index contributed by atoms with van der Waals surface area (Å²) in [5.41, 5.74) is 2.40. The van der Waals surface area contributed by atoms with Gasteiger partial charge in [-0.2, -0.15) is 18.2 Å². The van der Waals surface area contributed by atoms with E-state index in [1.54, 1.807) is 32.0 Å². The van der Waals surface area contributed by atoms with E-state index in [4.69, 9.17) is 0 Å². The molecule has 4 nitrogen and oxygen atoms in total. The first-order valence-electron chi connectivity index (χ1n) is 4.26. The second-order valence-electron chi connectivity index (χ2n) is 3.12. The summed E-state index contributed by atoms with van der Waals surface area (Å²) in [6, 6.07) is 7.95. The van der Waals surface area contributed by atoms with Crippen LogP contribution in [0.1, 0.15) is 13.8 Å². The third-order valence-corrected chi connectivity index (χ3v) is 2.59. The molecule has 1 N–H and O–H groups in total. The minimum atomic E-state index is -3.67. The molecule has 0 fully saturated rings. The molecule has 0 bridgehead atoms. The van der Waals surface area contributed by atoms with Crippen molar-refractivity contribution >= 4 is 10.1 Å². The number of rotatable bonds is 4. The molecule has 5 heteroatoms. The molecule has 0 amide bonds. The lowest BCUT2D eigenvalue weighted by Gasteiger charge is -2.08. The molecule has 0 aromatic heterocycles. The summed E-state index contributed by atoms with van der Waals surface area (Å²) in [6.07, 6.45) is 0. The van der Waals surface area contributed by atoms with E-state index in [9.17, 15) is 8.42 Å². The van der Waals surface area contributed by atoms with Crippen LogP contribution in [0.2, 0.25) is 0 Å². The molecule has 0 aliphatic carbocycles. The Morgan fingerprint density at radius 1 is 1.21 bits per heavy atom. The first-order chi connectivity index (χ1) is 6.52. The fraction of sp³-hybridized carbons (Fsp3) is 0.333. The van der Waals surface area contributed by atoms with Gasteiger partial charge in [-0.25, -0.2) is 0 Å². The molecule has 0 saturated heterocycles. The van der Waals surface area contributed by atoms with Crippen LogP contribution in [0.3, 0.4) is 0 Å². The molecular weight excluding hydrogens is 202 g/mol. The third kappa shape index (κ3) is 3.10. The number of hydrogen-bond acceptors (Lipinski definition) is 4. The van der Waals surface area contributed by atoms with Gasteiger partial charge in [-0.15, -0.1) is 0 Å². The van der Waals surface area contributed by atoms with Crippen molar-refractivity contribution < 1.29 is 12.7 Å². The lowest BCUT2D eigenvalue weighted by molar-refractivity contribution is 0.177. The van der Waals surface area contributed by atoms with E-state index in [2.05, 4.69) is 9.76 Å². The largest absolute Gasteiger partial charge is 0.312 e. The van der Waals surface area contributed by atoms with Gasteiger partial charge in [0.15, 0.2) is 0 Å². The van der Waals surface area contributed by atoms with Crippen molar-refractivity contribution in [3.8, 4) is 0 Å². The average Bonchev–Trinajstić information content (AvgIpc) is 2.16. The second kappa shape index (κ2) is 4.54. The van der Waals surface area contributed by atoms with E-state index >= 15 is 0 Å². The Bertz CT molecular complexity index is 372. The predicted molar refractivity (Wildman–Crippen MR) is 53.0 cm³/mol. The fourth-order valence-electron chi connectivity index (χ4n) is 0.795. The Kier molecular flexibility index (Phi) is 3.62. The van der Waals surface area contributed by atoms with Crippen molar-refractivity contribution in [3.05, 3.63) is 30.3 Å². The van der Waals surface area contributed by atoms with Crippen LogP contribution in [0.5, 0.6) is 0 Å². The molecule has 1 aromatic carbocycles. The molecule has 0 atom stereocenters. The summed E-state index contributed by atoms with van der Waals surface area (Å²) in [4.78, 5) is 0.146. The molecule has 0 unspecified atom stereocenters. The maximum absolute atomic E-state index is 11.5. The Morgan fingerprint density at radius 3 is 2.29 bits per heavy atom. The Hall–Kier alpha value is -0.910. The predicted octanol–water partition coefficient (Wildman–Crippen LogP) is 1.30. The van der Waals surface area contributed by atoms with Crippen molar-refractivity contribution in [2.75, 3.05) is 0 Å². The lowest BCUT2D eigenvalue weighted by Crippen LogP contribution is -2.26. The van der Waals surface area contributed by atoms with Crippen LogP contribution in [0.15, 0.2) is 35.2 Å². The summed E-state index contributed by atoms with van der Waals surface area (Å²) in [7, 11) is -3.67. The van der Waals surface area contributed by atoms with Gasteiger partial charge in [0.2, 0.25) is 0 Å². The van der Waals surface area contributed by atoms with Crippen molar-refractivity contribution in [2.45, 2.75) is 24.8 Å². The highest BCUT2D eigenvalue weighted by atomic mass is 32.2. The molecule has 1 aromatic rings. The van der Waals surface area contributed by atoms with Crippen LogP contribution in [-0.2, 0) is 14.4 Å². The monoisotopic (exact) mass is 215 g/mol. The van der Waals surface area contributed by atoms with Crippen molar-refractivity contribution in [1.82, 2.24) is 5.48 Å². The zero-order valence-electron chi connectivity index (χ0n) is 8.10. The van der Waals surface area contributed by atoms with Gasteiger partial charge in [-0.05, 0) is 26.0 Å². The minimum Gasteiger partial charge on any atom is -0.192 e. The van der Waals surface area contributed by atoms with Crippen LogP contribution in [0, 0.1) is 0 Å². The molecule has 1 rings (SSSR count). The molecule has 0 aliphatic heterocycles. The van der Waals surface area contributed by atoms with E-state index in [1.807, 2.05) is 0 Å². The van der Waals surface area contributed by atoms with Gasteiger partial charge >= 0.3 is 10.1 Å². The highest BCUT2D eigenvalue weighted by Crippen LogP contribution is 2.09. The minimum absolute atomic E-state index is 0.0477. The first kappa shape index (κ1) is 11.2. The first-order valence-corrected chi connectivity index (χ1v) is 5.67. The van der Waals surface area contributed by atoms with E-state index in [0.29, 0.717) is 0 Å². The normalized spacial score (nSPS) is 11.9. The van der Waals surface area contributed by atoms with Crippen LogP contribution >= 0.6 is 0 Å². The zero-order chi connectivity index (χ0) is 10.6. The van der Waals surface area contributed by atoms with Crippen molar-refractivity contribution in [2.24, 2.45) is 0 Å². The topological polar surface area (TPSA) is 55.4 Å². The van der Waals surface area contributed by atoms with Gasteiger partial charge in [0.1, 0.15) is 0 Å². The van der Waals surface area contributed by atoms with Crippen LogP contribution in [0.4, 0.5) is 0 Å². The van der Waals surface area contributed by atoms with E-state index in [1.165, 1.54) is 12.1 Å². The summed E-state index contributed by atoms with van der Waals surface area (Å²) < 4.78 is 27.5. The summed E-state index contributed by atoms with van der Waals surface area (Å²) in [5, 5.41) is 0. The second-order valence-corrected chi connectivity index (χ2v) is 4.67. The summed E-state index contributed by atoms with van der Waals surface area (Å²) >= 11 is 0. The number of hydrogen-bond donors (Lipinski definition) is 1. The lowest BCUT2D eigenvalue weighted by atomic mass is 10.4. The summed E-state index contributed by atoms with van der Waals surface area (Å²) in [5.74, 6) is 0. The highest BCUT2D eigenvalue weighted by molar-refractivity contribution is 7.86. The van der Waals surface area contributed by atoms with Gasteiger partial charge < -0.3 is 0 Å². The summed E-state index contributed by atoms with van der Waals surface area (Å²) in [6.45, 7) is 3.58. The molecule has 0 radical (unpaired) electrons. The Morgan fingerprint density at radius 2 is 1.79 bits per heavy atom. The molecule has 0 aliphatic rings. The zero-order valence-corrected chi connectivity index (χ0v) is 8.91. The van der Waals surface area contributed by atoms with Crippen LogP contribution in [0.25, 0.3) is 0 Å². The standard InChI is InChI=1S/C9H13NO3S/c1-8(2)10-13-14(11,12)9-6-4-3-5-7-9/h3-8,10H,1-2H3. The average molecular weight is 215 g/mol. The number of hydroxylamine groups is 1. The third-order valence-electron chi connectivity index (χ3n) is 1.43. The quantitative estimate of drug-likeness (QED) is 0.769. The molecule has 0 spiro atoms. The van der Waals surface area contributed by atoms with E-state index in [0.717, 1.165) is 0 Å². The van der Waals surface area contributed by atoms with E-state index in [-0.39, 0.29) is 10.9 Å². The van der Waals surface area contributed by atoms with Gasteiger partial charge in [-0.3, -0.25) is 0 Å². The number of benzene rings is 1. The maximum atomic E-state index is 11.5. The van der Waals surface area contributed by atoms with Gasteiger partial charge in [0, 0.05) is 6.04 Å². The molecule has 14 heavy (non-hydrogen) atoms. The highest BCUT2D eigenvalue weighted by Gasteiger charge is 2.14. The van der Waals surface area contributed by atoms with Crippen LogP contribution in [-0.4, -0.2) is 14.5 Å². The fourth-order valence-corrected chi connectivity index (χ4v) is 1.70. The SMILES string of the molecule is CC(C)NOS(=O)(=O)c1ccccc1. The van der Waals surface area contributed by atoms with Crippen LogP contribution < -0.4 is 5.48 Å². The van der Waals surface area contributed by atoms with Gasteiger partial charge in [-0.1, -0.05) is 18.2 Å². The Labute approximate surface area is 84.0 Å². The molecule has 78 valence electrons. The smallest absolute Gasteiger partial charge is 0.192 e. The number of nitrogens with one attached hydrogen (secondary N) is 1. The van der Waals surface area contributed by atoms with E-state index < -0.39 is 10.1 Å². The van der Waals surface area contributed by atoms with Crippen molar-refractivity contribution in [3.63, 3.8) is 0 Å². The molecule has 0 heterocycles. The van der Waals surface area contributed by atoms with Gasteiger partial charge in [0.25, 0.3) is 0 Å². The molecular formula is C9H13NO3S. The maximum Gasteiger partial charge on any atom is 0.312 e.